The Morgan fingerprint density at radius 3 is 1.32 bits per heavy atom. The summed E-state index contributed by atoms with van der Waals surface area (Å²) in [5, 5.41) is 21.5. The first-order valence-electron chi connectivity index (χ1n) is 7.03. The maximum absolute atomic E-state index is 10.8. The first-order chi connectivity index (χ1) is 10.5. The molecule has 6 heteroatoms. The lowest BCUT2D eigenvalue weighted by molar-refractivity contribution is -0.385. The van der Waals surface area contributed by atoms with E-state index in [2.05, 4.69) is 0 Å². The van der Waals surface area contributed by atoms with Gasteiger partial charge in [0.2, 0.25) is 0 Å². The van der Waals surface area contributed by atoms with E-state index in [1.165, 1.54) is 24.3 Å². The maximum atomic E-state index is 10.8. The minimum atomic E-state index is -0.414. The van der Waals surface area contributed by atoms with Crippen LogP contribution in [-0.2, 0) is 5.41 Å². The van der Waals surface area contributed by atoms with Crippen molar-refractivity contribution < 1.29 is 9.85 Å². The summed E-state index contributed by atoms with van der Waals surface area (Å²) in [6.45, 7) is 0. The van der Waals surface area contributed by atoms with Gasteiger partial charge in [0, 0.05) is 29.7 Å². The standard InChI is InChI=1S/C16H14N2O4/c19-17(20)14-6-2-12(3-7-14)16(10-1-11-16)13-4-8-15(9-5-13)18(21)22/h2-9H,1,10-11H2. The van der Waals surface area contributed by atoms with Crippen LogP contribution in [0.1, 0.15) is 30.4 Å². The number of non-ortho nitro benzene ring substituents is 2. The summed E-state index contributed by atoms with van der Waals surface area (Å²) in [4.78, 5) is 20.7. The van der Waals surface area contributed by atoms with Crippen molar-refractivity contribution in [1.82, 2.24) is 0 Å². The Morgan fingerprint density at radius 1 is 0.727 bits per heavy atom. The second-order valence-electron chi connectivity index (χ2n) is 5.54. The molecule has 0 spiro atoms. The van der Waals surface area contributed by atoms with E-state index in [9.17, 15) is 20.2 Å². The van der Waals surface area contributed by atoms with E-state index < -0.39 is 9.85 Å². The van der Waals surface area contributed by atoms with Gasteiger partial charge in [-0.05, 0) is 24.0 Å². The van der Waals surface area contributed by atoms with Crippen molar-refractivity contribution in [2.45, 2.75) is 24.7 Å². The van der Waals surface area contributed by atoms with Crippen LogP contribution < -0.4 is 0 Å². The average Bonchev–Trinajstić information content (AvgIpc) is 2.47. The van der Waals surface area contributed by atoms with E-state index in [1.54, 1.807) is 24.3 Å². The van der Waals surface area contributed by atoms with Gasteiger partial charge in [-0.2, -0.15) is 0 Å². The number of benzene rings is 2. The fraction of sp³-hybridized carbons (Fsp3) is 0.250. The van der Waals surface area contributed by atoms with Crippen molar-refractivity contribution in [2.24, 2.45) is 0 Å². The van der Waals surface area contributed by atoms with Gasteiger partial charge >= 0.3 is 0 Å². The quantitative estimate of drug-likeness (QED) is 0.631. The van der Waals surface area contributed by atoms with Crippen LogP contribution in [0, 0.1) is 20.2 Å². The molecule has 1 fully saturated rings. The molecular weight excluding hydrogens is 284 g/mol. The Hall–Kier alpha value is -2.76. The highest BCUT2D eigenvalue weighted by Crippen LogP contribution is 2.49. The molecule has 3 rings (SSSR count). The third-order valence-corrected chi connectivity index (χ3v) is 4.47. The van der Waals surface area contributed by atoms with Gasteiger partial charge in [0.25, 0.3) is 11.4 Å². The van der Waals surface area contributed by atoms with E-state index >= 15 is 0 Å². The minimum absolute atomic E-state index is 0.0712. The van der Waals surface area contributed by atoms with Crippen LogP contribution in [0.3, 0.4) is 0 Å². The molecule has 0 atom stereocenters. The summed E-state index contributed by atoms with van der Waals surface area (Å²) in [5.41, 5.74) is 2.02. The molecule has 0 aromatic heterocycles. The molecule has 22 heavy (non-hydrogen) atoms. The lowest BCUT2D eigenvalue weighted by Crippen LogP contribution is -2.35. The van der Waals surface area contributed by atoms with Crippen LogP contribution in [-0.4, -0.2) is 9.85 Å². The number of nitrogens with zero attached hydrogens (tertiary/aromatic N) is 2. The fourth-order valence-electron chi connectivity index (χ4n) is 3.08. The molecule has 1 saturated carbocycles. The second-order valence-corrected chi connectivity index (χ2v) is 5.54. The molecule has 0 N–H and O–H groups in total. The maximum Gasteiger partial charge on any atom is 0.269 e. The molecular formula is C16H14N2O4. The highest BCUT2D eigenvalue weighted by Gasteiger charge is 2.40. The third-order valence-electron chi connectivity index (χ3n) is 4.47. The van der Waals surface area contributed by atoms with Gasteiger partial charge in [0.05, 0.1) is 9.85 Å². The molecule has 112 valence electrons. The third kappa shape index (κ3) is 2.22. The molecule has 1 aliphatic rings. The fourth-order valence-corrected chi connectivity index (χ4v) is 3.08. The van der Waals surface area contributed by atoms with Crippen molar-refractivity contribution in [2.75, 3.05) is 0 Å². The van der Waals surface area contributed by atoms with Crippen molar-refractivity contribution in [3.05, 3.63) is 79.9 Å². The Labute approximate surface area is 126 Å². The molecule has 2 aromatic rings. The molecule has 0 radical (unpaired) electrons. The smallest absolute Gasteiger partial charge is 0.258 e. The minimum Gasteiger partial charge on any atom is -0.258 e. The highest BCUT2D eigenvalue weighted by molar-refractivity contribution is 5.47. The summed E-state index contributed by atoms with van der Waals surface area (Å²) in [6.07, 6.45) is 2.97. The molecule has 6 nitrogen and oxygen atoms in total. The second kappa shape index (κ2) is 5.22. The highest BCUT2D eigenvalue weighted by atomic mass is 16.6. The predicted molar refractivity (Wildman–Crippen MR) is 80.8 cm³/mol. The lowest BCUT2D eigenvalue weighted by atomic mass is 9.60. The van der Waals surface area contributed by atoms with Gasteiger partial charge in [-0.3, -0.25) is 20.2 Å². The van der Waals surface area contributed by atoms with Crippen LogP contribution in [0.2, 0.25) is 0 Å². The molecule has 0 bridgehead atoms. The first kappa shape index (κ1) is 14.2. The van der Waals surface area contributed by atoms with Crippen LogP contribution in [0.4, 0.5) is 11.4 Å². The van der Waals surface area contributed by atoms with Gasteiger partial charge < -0.3 is 0 Å². The molecule has 0 aliphatic heterocycles. The largest absolute Gasteiger partial charge is 0.269 e. The SMILES string of the molecule is O=[N+]([O-])c1ccc(C2(c3ccc([N+](=O)[O-])cc3)CCC2)cc1. The van der Waals surface area contributed by atoms with Gasteiger partial charge in [0.15, 0.2) is 0 Å². The molecule has 0 unspecified atom stereocenters. The molecule has 1 aliphatic carbocycles. The zero-order chi connectivity index (χ0) is 15.7. The normalized spacial score (nSPS) is 15.8. The van der Waals surface area contributed by atoms with E-state index in [0.717, 1.165) is 30.4 Å². The number of rotatable bonds is 4. The predicted octanol–water partition coefficient (Wildman–Crippen LogP) is 3.97. The number of nitro benzene ring substituents is 2. The summed E-state index contributed by atoms with van der Waals surface area (Å²) < 4.78 is 0. The summed E-state index contributed by atoms with van der Waals surface area (Å²) in [7, 11) is 0. The summed E-state index contributed by atoms with van der Waals surface area (Å²) >= 11 is 0. The molecule has 0 saturated heterocycles. The summed E-state index contributed by atoms with van der Waals surface area (Å²) in [6, 6.07) is 13.2. The van der Waals surface area contributed by atoms with Crippen molar-refractivity contribution >= 4 is 11.4 Å². The first-order valence-corrected chi connectivity index (χ1v) is 7.03. The molecule has 0 amide bonds. The van der Waals surface area contributed by atoms with Crippen molar-refractivity contribution in [1.29, 1.82) is 0 Å². The zero-order valence-electron chi connectivity index (χ0n) is 11.8. The van der Waals surface area contributed by atoms with E-state index in [4.69, 9.17) is 0 Å². The van der Waals surface area contributed by atoms with Gasteiger partial charge in [0.1, 0.15) is 0 Å². The Bertz CT molecular complexity index is 659. The van der Waals surface area contributed by atoms with Gasteiger partial charge in [-0.15, -0.1) is 0 Å². The van der Waals surface area contributed by atoms with Gasteiger partial charge in [-0.25, -0.2) is 0 Å². The average molecular weight is 298 g/mol. The zero-order valence-corrected chi connectivity index (χ0v) is 11.8. The monoisotopic (exact) mass is 298 g/mol. The Balaban J connectivity index is 1.97. The summed E-state index contributed by atoms with van der Waals surface area (Å²) in [5.74, 6) is 0. The molecule has 2 aromatic carbocycles. The number of hydrogen-bond donors (Lipinski definition) is 0. The van der Waals surface area contributed by atoms with Crippen LogP contribution in [0.25, 0.3) is 0 Å². The number of nitro groups is 2. The Morgan fingerprint density at radius 2 is 1.09 bits per heavy atom. The van der Waals surface area contributed by atoms with E-state index in [-0.39, 0.29) is 16.8 Å². The Kier molecular flexibility index (Phi) is 3.36. The number of hydrogen-bond acceptors (Lipinski definition) is 4. The lowest BCUT2D eigenvalue weighted by Gasteiger charge is -2.43. The van der Waals surface area contributed by atoms with Crippen LogP contribution >= 0.6 is 0 Å². The molecule has 0 heterocycles. The topological polar surface area (TPSA) is 86.3 Å². The van der Waals surface area contributed by atoms with E-state index in [0.29, 0.717) is 0 Å². The van der Waals surface area contributed by atoms with Crippen molar-refractivity contribution in [3.63, 3.8) is 0 Å². The van der Waals surface area contributed by atoms with Crippen molar-refractivity contribution in [3.8, 4) is 0 Å². The van der Waals surface area contributed by atoms with Gasteiger partial charge in [-0.1, -0.05) is 30.7 Å². The van der Waals surface area contributed by atoms with E-state index in [1.807, 2.05) is 0 Å². The van der Waals surface area contributed by atoms with Crippen LogP contribution in [0.5, 0.6) is 0 Å². The van der Waals surface area contributed by atoms with Crippen LogP contribution in [0.15, 0.2) is 48.5 Å².